The Morgan fingerprint density at radius 3 is 2.65 bits per heavy atom. The minimum Gasteiger partial charge on any atom is -0.396 e. The summed E-state index contributed by atoms with van der Waals surface area (Å²) < 4.78 is 0. The zero-order chi connectivity index (χ0) is 21.8. The van der Waals surface area contributed by atoms with Gasteiger partial charge in [-0.1, -0.05) is 30.3 Å². The van der Waals surface area contributed by atoms with Gasteiger partial charge < -0.3 is 15.0 Å². The molecular weight excluding hydrogens is 388 g/mol. The Morgan fingerprint density at radius 1 is 1.10 bits per heavy atom. The molecule has 4 rings (SSSR count). The average Bonchev–Trinajstić information content (AvgIpc) is 2.92. The zero-order valence-electron chi connectivity index (χ0n) is 18.3. The summed E-state index contributed by atoms with van der Waals surface area (Å²) in [6.45, 7) is 9.07. The predicted molar refractivity (Wildman–Crippen MR) is 127 cm³/mol. The summed E-state index contributed by atoms with van der Waals surface area (Å²) in [5.41, 5.74) is 6.11. The van der Waals surface area contributed by atoms with E-state index in [0.717, 1.165) is 73.1 Å². The van der Waals surface area contributed by atoms with Crippen molar-refractivity contribution in [1.29, 1.82) is 0 Å². The van der Waals surface area contributed by atoms with Crippen LogP contribution >= 0.6 is 0 Å². The Bertz CT molecular complexity index is 1100. The highest BCUT2D eigenvalue weighted by Crippen LogP contribution is 2.28. The lowest BCUT2D eigenvalue weighted by Gasteiger charge is -2.36. The van der Waals surface area contributed by atoms with Gasteiger partial charge in [0.15, 0.2) is 0 Å². The zero-order valence-corrected chi connectivity index (χ0v) is 18.3. The van der Waals surface area contributed by atoms with Gasteiger partial charge in [0.1, 0.15) is 0 Å². The third kappa shape index (κ3) is 4.70. The van der Waals surface area contributed by atoms with E-state index < -0.39 is 0 Å². The lowest BCUT2D eigenvalue weighted by molar-refractivity contribution is 0.216. The normalized spacial score (nSPS) is 15.6. The highest BCUT2D eigenvalue weighted by atomic mass is 16.3. The molecule has 2 heterocycles. The number of aromatic nitrogens is 1. The highest BCUT2D eigenvalue weighted by Gasteiger charge is 2.19. The second kappa shape index (κ2) is 9.45. The van der Waals surface area contributed by atoms with Crippen LogP contribution in [-0.2, 0) is 0 Å². The van der Waals surface area contributed by atoms with E-state index in [1.165, 1.54) is 0 Å². The van der Waals surface area contributed by atoms with Crippen molar-refractivity contribution in [2.45, 2.75) is 20.3 Å². The van der Waals surface area contributed by atoms with Crippen molar-refractivity contribution in [2.75, 3.05) is 44.2 Å². The summed E-state index contributed by atoms with van der Waals surface area (Å²) in [7, 11) is 0. The van der Waals surface area contributed by atoms with Crippen molar-refractivity contribution in [3.8, 4) is 11.3 Å². The van der Waals surface area contributed by atoms with Crippen LogP contribution in [0.25, 0.3) is 11.3 Å². The first-order chi connectivity index (χ1) is 15.1. The molecule has 6 heteroatoms. The maximum absolute atomic E-state index is 12.6. The summed E-state index contributed by atoms with van der Waals surface area (Å²) in [6, 6.07) is 16.1. The van der Waals surface area contributed by atoms with E-state index in [1.54, 1.807) is 0 Å². The molecule has 1 fully saturated rings. The summed E-state index contributed by atoms with van der Waals surface area (Å²) in [4.78, 5) is 25.2. The van der Waals surface area contributed by atoms with Crippen LogP contribution in [0.5, 0.6) is 0 Å². The molecule has 0 atom stereocenters. The number of aliphatic hydroxyl groups excluding tert-OH is 1. The molecule has 1 aromatic rings. The van der Waals surface area contributed by atoms with E-state index in [4.69, 9.17) is 10.1 Å². The summed E-state index contributed by atoms with van der Waals surface area (Å²) in [5, 5.41) is 9.04. The molecule has 1 aromatic carbocycles. The van der Waals surface area contributed by atoms with E-state index >= 15 is 0 Å². The maximum atomic E-state index is 12.6. The van der Waals surface area contributed by atoms with Gasteiger partial charge >= 0.3 is 0 Å². The Hall–Kier alpha value is -2.96. The van der Waals surface area contributed by atoms with Gasteiger partial charge in [-0.05, 0) is 44.0 Å². The molecule has 6 nitrogen and oxygen atoms in total. The van der Waals surface area contributed by atoms with Crippen LogP contribution in [-0.4, -0.2) is 60.0 Å². The minimum atomic E-state index is -0.102. The van der Waals surface area contributed by atoms with Crippen molar-refractivity contribution < 1.29 is 5.11 Å². The van der Waals surface area contributed by atoms with Crippen molar-refractivity contribution in [2.24, 2.45) is 4.99 Å². The number of aromatic amines is 1. The van der Waals surface area contributed by atoms with Gasteiger partial charge in [0.2, 0.25) is 0 Å². The predicted octanol–water partition coefficient (Wildman–Crippen LogP) is 3.43. The fourth-order valence-electron chi connectivity index (χ4n) is 4.22. The summed E-state index contributed by atoms with van der Waals surface area (Å²) in [6.07, 6.45) is 0.830. The lowest BCUT2D eigenvalue weighted by Crippen LogP contribution is -2.46. The fourth-order valence-corrected chi connectivity index (χ4v) is 4.22. The van der Waals surface area contributed by atoms with Gasteiger partial charge in [-0.25, -0.2) is 0 Å². The van der Waals surface area contributed by atoms with Crippen LogP contribution in [0.4, 0.5) is 11.4 Å². The number of aliphatic imine (C=N–C) groups is 1. The number of nitrogens with zero attached hydrogens (tertiary/aromatic N) is 3. The van der Waals surface area contributed by atoms with E-state index in [9.17, 15) is 4.79 Å². The monoisotopic (exact) mass is 418 g/mol. The Morgan fingerprint density at radius 2 is 1.87 bits per heavy atom. The number of piperazine rings is 1. The number of H-pyrrole nitrogens is 1. The third-order valence-corrected chi connectivity index (χ3v) is 6.00. The van der Waals surface area contributed by atoms with Crippen LogP contribution in [0.3, 0.4) is 0 Å². The van der Waals surface area contributed by atoms with Crippen molar-refractivity contribution >= 4 is 17.1 Å². The Kier molecular flexibility index (Phi) is 6.49. The van der Waals surface area contributed by atoms with Gasteiger partial charge in [-0.15, -0.1) is 0 Å². The maximum Gasteiger partial charge on any atom is 0.258 e. The Labute approximate surface area is 183 Å². The number of hydrogen-bond acceptors (Lipinski definition) is 5. The average molecular weight is 419 g/mol. The second-order valence-electron chi connectivity index (χ2n) is 8.14. The van der Waals surface area contributed by atoms with Crippen LogP contribution in [0.15, 0.2) is 58.3 Å². The standard InChI is InChI=1S/C25H30N4O2/c1-18-9-10-20(29-14-12-28(13-15-29)11-6-16-30)17-23(18)26-19(2)24-21-7-4-3-5-8-22(21)27-25(24)31/h3-5,7-10,17,30H,6,11-16H2,1-2H3,(H,27,31). The molecule has 31 heavy (non-hydrogen) atoms. The molecule has 0 amide bonds. The molecule has 0 radical (unpaired) electrons. The van der Waals surface area contributed by atoms with Crippen LogP contribution < -0.4 is 10.5 Å². The molecule has 1 saturated heterocycles. The molecule has 0 aromatic heterocycles. The van der Waals surface area contributed by atoms with Gasteiger partial charge in [0, 0.05) is 56.3 Å². The summed E-state index contributed by atoms with van der Waals surface area (Å²) >= 11 is 0. The molecule has 3 aliphatic rings. The van der Waals surface area contributed by atoms with Crippen LogP contribution in [0.1, 0.15) is 24.5 Å². The first-order valence-corrected chi connectivity index (χ1v) is 10.9. The Balaban J connectivity index is 1.58. The quantitative estimate of drug-likeness (QED) is 0.602. The fraction of sp³-hybridized carbons (Fsp3) is 0.360. The first kappa shape index (κ1) is 21.3. The molecule has 162 valence electrons. The molecule has 1 aliphatic carbocycles. The van der Waals surface area contributed by atoms with Gasteiger partial charge in [0.25, 0.3) is 5.56 Å². The lowest BCUT2D eigenvalue weighted by atomic mass is 10.1. The van der Waals surface area contributed by atoms with Crippen molar-refractivity contribution in [3.05, 3.63) is 70.0 Å². The smallest absolute Gasteiger partial charge is 0.258 e. The van der Waals surface area contributed by atoms with E-state index in [1.807, 2.05) is 37.3 Å². The van der Waals surface area contributed by atoms with E-state index in [2.05, 4.69) is 39.9 Å². The molecule has 2 N–H and O–H groups in total. The largest absolute Gasteiger partial charge is 0.396 e. The third-order valence-electron chi connectivity index (χ3n) is 6.00. The SMILES string of the molecule is CC(=Nc1cc(N2CCN(CCCO)CC2)ccc1C)c1c2cccccc-2[nH]c1=O. The molecule has 0 saturated carbocycles. The number of aryl methyl sites for hydroxylation is 1. The molecule has 2 aliphatic heterocycles. The first-order valence-electron chi connectivity index (χ1n) is 10.9. The molecule has 0 unspecified atom stereocenters. The van der Waals surface area contributed by atoms with E-state index in [-0.39, 0.29) is 12.2 Å². The van der Waals surface area contributed by atoms with Crippen LogP contribution in [0, 0.1) is 6.92 Å². The van der Waals surface area contributed by atoms with Crippen molar-refractivity contribution in [3.63, 3.8) is 0 Å². The van der Waals surface area contributed by atoms with Crippen LogP contribution in [0.2, 0.25) is 0 Å². The highest BCUT2D eigenvalue weighted by molar-refractivity contribution is 6.05. The molecule has 0 bridgehead atoms. The van der Waals surface area contributed by atoms with Gasteiger partial charge in [-0.3, -0.25) is 14.7 Å². The number of benzene rings is 1. The minimum absolute atomic E-state index is 0.102. The molecular formula is C25H30N4O2. The number of aliphatic hydroxyl groups is 1. The number of fused-ring (bicyclic) bond motifs is 1. The number of rotatable bonds is 6. The number of hydrogen-bond donors (Lipinski definition) is 2. The number of anilines is 1. The molecule has 0 spiro atoms. The summed E-state index contributed by atoms with van der Waals surface area (Å²) in [5.74, 6) is 0. The number of nitrogens with one attached hydrogen (secondary N) is 1. The topological polar surface area (TPSA) is 71.9 Å². The van der Waals surface area contributed by atoms with E-state index in [0.29, 0.717) is 5.56 Å². The van der Waals surface area contributed by atoms with Gasteiger partial charge in [0.05, 0.1) is 17.0 Å². The second-order valence-corrected chi connectivity index (χ2v) is 8.14. The van der Waals surface area contributed by atoms with Gasteiger partial charge in [-0.2, -0.15) is 0 Å². The van der Waals surface area contributed by atoms with Crippen molar-refractivity contribution in [1.82, 2.24) is 9.88 Å².